The van der Waals surface area contributed by atoms with Gasteiger partial charge >= 0.3 is 17.9 Å². The highest BCUT2D eigenvalue weighted by Gasteiger charge is 2.20. The number of carbonyl (C=O) groups excluding carboxylic acids is 3. The molecule has 0 saturated carbocycles. The molecule has 0 N–H and O–H groups in total. The van der Waals surface area contributed by atoms with E-state index in [0.717, 1.165) is 6.07 Å². The predicted molar refractivity (Wildman–Crippen MR) is 124 cm³/mol. The Balaban J connectivity index is 2.59. The molecule has 0 aliphatic heterocycles. The molecule has 0 heterocycles. The molecule has 0 saturated heterocycles. The Morgan fingerprint density at radius 2 is 1.24 bits per heavy atom. The second-order valence-corrected chi connectivity index (χ2v) is 7.54. The highest BCUT2D eigenvalue weighted by molar-refractivity contribution is 5.92. The van der Waals surface area contributed by atoms with Gasteiger partial charge in [0.1, 0.15) is 11.6 Å². The first-order valence-electron chi connectivity index (χ1n) is 10.0. The molecule has 0 bridgehead atoms. The Hall–Kier alpha value is -4.04. The molecule has 0 aliphatic carbocycles. The molecule has 0 unspecified atom stereocenters. The van der Waals surface area contributed by atoms with E-state index < -0.39 is 23.7 Å². The second kappa shape index (κ2) is 11.2. The average Bonchev–Trinajstić information content (AvgIpc) is 2.76. The molecule has 0 spiro atoms. The summed E-state index contributed by atoms with van der Waals surface area (Å²) < 4.78 is 36.0. The summed E-state index contributed by atoms with van der Waals surface area (Å²) in [6.45, 7) is 15.0. The lowest BCUT2D eigenvalue weighted by Crippen LogP contribution is -2.13. The van der Waals surface area contributed by atoms with Crippen molar-refractivity contribution >= 4 is 17.9 Å². The van der Waals surface area contributed by atoms with Gasteiger partial charge in [0.2, 0.25) is 0 Å². The van der Waals surface area contributed by atoms with Crippen molar-refractivity contribution in [3.8, 4) is 28.4 Å². The molecule has 0 radical (unpaired) electrons. The summed E-state index contributed by atoms with van der Waals surface area (Å²) in [5.41, 5.74) is 1.24. The fraction of sp³-hybridized carbons (Fsp3) is 0.192. The maximum atomic E-state index is 15.1. The van der Waals surface area contributed by atoms with Crippen molar-refractivity contribution in [3.63, 3.8) is 0 Å². The van der Waals surface area contributed by atoms with Crippen LogP contribution in [0, 0.1) is 5.82 Å². The molecule has 8 heteroatoms. The second-order valence-electron chi connectivity index (χ2n) is 7.54. The number of halogens is 1. The van der Waals surface area contributed by atoms with E-state index in [2.05, 4.69) is 19.7 Å². The van der Waals surface area contributed by atoms with E-state index >= 15 is 4.39 Å². The van der Waals surface area contributed by atoms with Crippen molar-refractivity contribution in [1.82, 2.24) is 0 Å². The lowest BCUT2D eigenvalue weighted by atomic mass is 10.0. The topological polar surface area (TPSA) is 88.1 Å². The number of carbonyl (C=O) groups is 3. The first kappa shape index (κ1) is 26.2. The molecule has 2 aromatic carbocycles. The third-order valence-electron chi connectivity index (χ3n) is 4.36. The minimum atomic E-state index is -0.814. The normalized spacial score (nSPS) is 10.3. The SMILES string of the molecule is C=C(C)C(=O)Oc1ccc(-c2cc(OC(=O)C(=C)C)c(OC(=O)C(=C)C)cc2F)cc1COC. The number of ether oxygens (including phenoxy) is 4. The van der Waals surface area contributed by atoms with Gasteiger partial charge < -0.3 is 18.9 Å². The molecule has 34 heavy (non-hydrogen) atoms. The molecule has 0 atom stereocenters. The van der Waals surface area contributed by atoms with Gasteiger partial charge in [0.15, 0.2) is 11.5 Å². The predicted octanol–water partition coefficient (Wildman–Crippen LogP) is 5.08. The highest BCUT2D eigenvalue weighted by Crippen LogP contribution is 2.37. The van der Waals surface area contributed by atoms with Gasteiger partial charge in [-0.15, -0.1) is 0 Å². The number of hydrogen-bond acceptors (Lipinski definition) is 7. The Morgan fingerprint density at radius 1 is 0.765 bits per heavy atom. The van der Waals surface area contributed by atoms with E-state index in [1.165, 1.54) is 46.1 Å². The van der Waals surface area contributed by atoms with Crippen molar-refractivity contribution in [2.24, 2.45) is 0 Å². The molecule has 0 aromatic heterocycles. The number of benzene rings is 2. The lowest BCUT2D eigenvalue weighted by Gasteiger charge is -2.15. The van der Waals surface area contributed by atoms with Gasteiger partial charge in [0, 0.05) is 41.0 Å². The molecule has 178 valence electrons. The highest BCUT2D eigenvalue weighted by atomic mass is 19.1. The molecular weight excluding hydrogens is 443 g/mol. The summed E-state index contributed by atoms with van der Waals surface area (Å²) >= 11 is 0. The first-order valence-corrected chi connectivity index (χ1v) is 10.0. The summed E-state index contributed by atoms with van der Waals surface area (Å²) in [6, 6.07) is 6.72. The molecule has 7 nitrogen and oxygen atoms in total. The van der Waals surface area contributed by atoms with Crippen LogP contribution in [-0.2, 0) is 25.7 Å². The minimum absolute atomic E-state index is 0.0368. The zero-order valence-electron chi connectivity index (χ0n) is 19.5. The number of rotatable bonds is 9. The van der Waals surface area contributed by atoms with Crippen molar-refractivity contribution in [3.05, 3.63) is 78.2 Å². The Labute approximate surface area is 197 Å². The van der Waals surface area contributed by atoms with Gasteiger partial charge in [-0.3, -0.25) is 0 Å². The van der Waals surface area contributed by atoms with Gasteiger partial charge in [-0.1, -0.05) is 25.8 Å². The third kappa shape index (κ3) is 6.49. The Kier molecular flexibility index (Phi) is 8.64. The maximum Gasteiger partial charge on any atom is 0.338 e. The van der Waals surface area contributed by atoms with Gasteiger partial charge in [0.25, 0.3) is 0 Å². The number of esters is 3. The average molecular weight is 468 g/mol. The van der Waals surface area contributed by atoms with E-state index in [1.807, 2.05) is 0 Å². The van der Waals surface area contributed by atoms with Crippen LogP contribution in [0.15, 0.2) is 66.8 Å². The van der Waals surface area contributed by atoms with Crippen LogP contribution in [0.2, 0.25) is 0 Å². The summed E-state index contributed by atoms with van der Waals surface area (Å²) in [5.74, 6) is -3.24. The maximum absolute atomic E-state index is 15.1. The molecule has 2 rings (SSSR count). The van der Waals surface area contributed by atoms with Gasteiger partial charge in [0.05, 0.1) is 6.61 Å². The Bertz CT molecular complexity index is 1190. The van der Waals surface area contributed by atoms with E-state index in [4.69, 9.17) is 18.9 Å². The van der Waals surface area contributed by atoms with Crippen LogP contribution in [0.5, 0.6) is 17.2 Å². The van der Waals surface area contributed by atoms with Crippen LogP contribution in [0.1, 0.15) is 26.3 Å². The van der Waals surface area contributed by atoms with E-state index in [9.17, 15) is 14.4 Å². The van der Waals surface area contributed by atoms with Crippen LogP contribution in [0.25, 0.3) is 11.1 Å². The fourth-order valence-corrected chi connectivity index (χ4v) is 2.59. The summed E-state index contributed by atoms with van der Waals surface area (Å²) in [4.78, 5) is 36.0. The van der Waals surface area contributed by atoms with Crippen LogP contribution in [0.3, 0.4) is 0 Å². The van der Waals surface area contributed by atoms with Crippen molar-refractivity contribution in [2.45, 2.75) is 27.4 Å². The van der Waals surface area contributed by atoms with E-state index in [1.54, 1.807) is 6.07 Å². The quantitative estimate of drug-likeness (QED) is 0.288. The zero-order chi connectivity index (χ0) is 25.6. The third-order valence-corrected chi connectivity index (χ3v) is 4.36. The molecule has 0 aliphatic rings. The Morgan fingerprint density at radius 3 is 1.71 bits per heavy atom. The standard InChI is InChI=1S/C26H25FO7/c1-14(2)24(28)32-21-9-8-17(10-18(21)13-31-7)19-11-22(33-25(29)15(3)4)23(12-20(19)27)34-26(30)16(5)6/h8-12H,1,3,5,13H2,2,4,6-7H3. The van der Waals surface area contributed by atoms with Gasteiger partial charge in [-0.25, -0.2) is 18.8 Å². The van der Waals surface area contributed by atoms with Crippen LogP contribution < -0.4 is 14.2 Å². The summed E-state index contributed by atoms with van der Waals surface area (Å²) in [5, 5.41) is 0. The van der Waals surface area contributed by atoms with Crippen molar-refractivity contribution in [1.29, 1.82) is 0 Å². The summed E-state index contributed by atoms with van der Waals surface area (Å²) in [7, 11) is 1.46. The molecule has 0 fully saturated rings. The first-order chi connectivity index (χ1) is 15.9. The zero-order valence-corrected chi connectivity index (χ0v) is 19.5. The fourth-order valence-electron chi connectivity index (χ4n) is 2.59. The van der Waals surface area contributed by atoms with Crippen LogP contribution in [-0.4, -0.2) is 25.0 Å². The monoisotopic (exact) mass is 468 g/mol. The largest absolute Gasteiger partial charge is 0.423 e. The van der Waals surface area contributed by atoms with Crippen molar-refractivity contribution in [2.75, 3.05) is 7.11 Å². The number of hydrogen-bond donors (Lipinski definition) is 0. The molecule has 2 aromatic rings. The number of methoxy groups -OCH3 is 1. The minimum Gasteiger partial charge on any atom is -0.423 e. The smallest absolute Gasteiger partial charge is 0.338 e. The molecular formula is C26H25FO7. The van der Waals surface area contributed by atoms with Crippen LogP contribution in [0.4, 0.5) is 4.39 Å². The van der Waals surface area contributed by atoms with Gasteiger partial charge in [-0.05, 0) is 44.5 Å². The van der Waals surface area contributed by atoms with Crippen LogP contribution >= 0.6 is 0 Å². The molecule has 0 amide bonds. The summed E-state index contributed by atoms with van der Waals surface area (Å²) in [6.07, 6.45) is 0. The van der Waals surface area contributed by atoms with Gasteiger partial charge in [-0.2, -0.15) is 0 Å². The van der Waals surface area contributed by atoms with Crippen molar-refractivity contribution < 1.29 is 37.7 Å². The lowest BCUT2D eigenvalue weighted by molar-refractivity contribution is -0.132. The van der Waals surface area contributed by atoms with E-state index in [0.29, 0.717) is 11.1 Å². The van der Waals surface area contributed by atoms with E-state index in [-0.39, 0.29) is 46.1 Å².